The van der Waals surface area contributed by atoms with E-state index in [0.29, 0.717) is 33.7 Å². The molecule has 3 aromatic rings. The van der Waals surface area contributed by atoms with Gasteiger partial charge in [-0.3, -0.25) is 4.79 Å². The summed E-state index contributed by atoms with van der Waals surface area (Å²) in [5.41, 5.74) is 11.0. The Morgan fingerprint density at radius 1 is 0.947 bits per heavy atom. The monoisotopic (exact) mass is 583 g/mol. The molecule has 0 radical (unpaired) electrons. The molecule has 0 unspecified atom stereocenters. The van der Waals surface area contributed by atoms with Crippen molar-refractivity contribution in [1.29, 1.82) is 0 Å². The molecule has 200 valence electrons. The van der Waals surface area contributed by atoms with E-state index < -0.39 is 5.92 Å². The van der Waals surface area contributed by atoms with Gasteiger partial charge in [-0.2, -0.15) is 0 Å². The summed E-state index contributed by atoms with van der Waals surface area (Å²) < 4.78 is 28.7. The van der Waals surface area contributed by atoms with Gasteiger partial charge < -0.3 is 20.9 Å². The number of anilines is 4. The van der Waals surface area contributed by atoms with Crippen LogP contribution in [0, 0.1) is 12.3 Å². The van der Waals surface area contributed by atoms with Crippen molar-refractivity contribution in [2.45, 2.75) is 51.4 Å². The van der Waals surface area contributed by atoms with E-state index in [9.17, 15) is 13.6 Å². The zero-order valence-corrected chi connectivity index (χ0v) is 23.1. The summed E-state index contributed by atoms with van der Waals surface area (Å²) in [5, 5.41) is 3.90. The number of nitrogens with zero attached hydrogens (tertiary/aromatic N) is 3. The average Bonchev–Trinajstić information content (AvgIpc) is 3.63. The van der Waals surface area contributed by atoms with Gasteiger partial charge in [-0.25, -0.2) is 13.8 Å². The number of nitrogens with two attached hydrogens (primary N) is 1. The van der Waals surface area contributed by atoms with E-state index in [1.807, 2.05) is 48.2 Å². The first kappa shape index (κ1) is 25.3. The van der Waals surface area contributed by atoms with E-state index in [0.717, 1.165) is 34.2 Å². The number of nitrogens with one attached hydrogen (secondary N) is 1. The van der Waals surface area contributed by atoms with Gasteiger partial charge in [0, 0.05) is 54.6 Å². The molecule has 3 N–H and O–H groups in total. The van der Waals surface area contributed by atoms with Gasteiger partial charge in [-0.15, -0.1) is 0 Å². The lowest BCUT2D eigenvalue weighted by molar-refractivity contribution is -0.0220. The molecule has 6 rings (SSSR count). The molecule has 3 heterocycles. The number of hydrogen-bond acceptors (Lipinski definition) is 5. The highest BCUT2D eigenvalue weighted by Crippen LogP contribution is 2.54. The van der Waals surface area contributed by atoms with Crippen LogP contribution in [-0.4, -0.2) is 43.0 Å². The van der Waals surface area contributed by atoms with E-state index in [-0.39, 0.29) is 31.8 Å². The fourth-order valence-electron chi connectivity index (χ4n) is 5.83. The molecular formula is C29H32BrF2N5O. The Kier molecular flexibility index (Phi) is 6.24. The number of carbonyl (C=O) groups excluding carboxylic acids is 1. The molecule has 1 spiro atoms. The van der Waals surface area contributed by atoms with Crippen LogP contribution in [0.15, 0.2) is 40.9 Å². The second-order valence-electron chi connectivity index (χ2n) is 11.2. The highest BCUT2D eigenvalue weighted by atomic mass is 79.9. The minimum Gasteiger partial charge on any atom is -0.383 e. The number of carbonyl (C=O) groups is 1. The predicted molar refractivity (Wildman–Crippen MR) is 152 cm³/mol. The van der Waals surface area contributed by atoms with Gasteiger partial charge in [-0.1, -0.05) is 15.9 Å². The number of amides is 1. The standard InChI is InChI=1S/C29H32BrF2N5O/c1-18-14-19-15-21(17-24(25(19)35-26(18)33)37-12-8-29(31,32)9-13-37)34-27(38)22-3-2-20(30)16-23(22)36-10-6-28(4-5-28)7-11-36/h2-3,14-17H,4-13H2,1H3,(H2,33,35)(H,34,38). The Hall–Kier alpha value is -2.94. The molecule has 6 nitrogen and oxygen atoms in total. The van der Waals surface area contributed by atoms with Gasteiger partial charge in [0.05, 0.1) is 22.5 Å². The van der Waals surface area contributed by atoms with Crippen LogP contribution in [0.2, 0.25) is 0 Å². The summed E-state index contributed by atoms with van der Waals surface area (Å²) in [5.74, 6) is -2.45. The minimum atomic E-state index is -2.66. The number of hydrogen-bond donors (Lipinski definition) is 2. The van der Waals surface area contributed by atoms with Crippen LogP contribution in [0.4, 0.5) is 31.7 Å². The van der Waals surface area contributed by atoms with E-state index >= 15 is 0 Å². The Balaban J connectivity index is 1.32. The zero-order valence-electron chi connectivity index (χ0n) is 21.5. The third-order valence-corrected chi connectivity index (χ3v) is 9.04. The largest absolute Gasteiger partial charge is 0.383 e. The van der Waals surface area contributed by atoms with Gasteiger partial charge in [0.2, 0.25) is 0 Å². The zero-order chi connectivity index (χ0) is 26.7. The number of pyridine rings is 1. The summed E-state index contributed by atoms with van der Waals surface area (Å²) in [7, 11) is 0. The molecule has 2 aliphatic heterocycles. The number of alkyl halides is 2. The fourth-order valence-corrected chi connectivity index (χ4v) is 6.18. The Bertz CT molecular complexity index is 1400. The number of nitrogen functional groups attached to an aromatic ring is 1. The van der Waals surface area contributed by atoms with Gasteiger partial charge in [0.15, 0.2) is 0 Å². The molecular weight excluding hydrogens is 552 g/mol. The van der Waals surface area contributed by atoms with E-state index in [1.165, 1.54) is 25.7 Å². The van der Waals surface area contributed by atoms with Crippen LogP contribution in [-0.2, 0) is 0 Å². The van der Waals surface area contributed by atoms with Crippen LogP contribution < -0.4 is 20.9 Å². The van der Waals surface area contributed by atoms with Crippen molar-refractivity contribution >= 4 is 55.6 Å². The molecule has 38 heavy (non-hydrogen) atoms. The van der Waals surface area contributed by atoms with Crippen molar-refractivity contribution < 1.29 is 13.6 Å². The molecule has 0 atom stereocenters. The number of rotatable bonds is 4. The number of aromatic nitrogens is 1. The van der Waals surface area contributed by atoms with Crippen molar-refractivity contribution in [3.63, 3.8) is 0 Å². The normalized spacial score (nSPS) is 20.1. The number of halogens is 3. The lowest BCUT2D eigenvalue weighted by atomic mass is 9.93. The third kappa shape index (κ3) is 4.93. The minimum absolute atomic E-state index is 0.199. The van der Waals surface area contributed by atoms with Crippen LogP contribution in [0.3, 0.4) is 0 Å². The second kappa shape index (κ2) is 9.36. The van der Waals surface area contributed by atoms with Crippen molar-refractivity contribution in [2.75, 3.05) is 47.0 Å². The third-order valence-electron chi connectivity index (χ3n) is 8.55. The molecule has 1 amide bonds. The van der Waals surface area contributed by atoms with Gasteiger partial charge in [-0.05, 0) is 80.0 Å². The first-order chi connectivity index (χ1) is 18.1. The summed E-state index contributed by atoms with van der Waals surface area (Å²) >= 11 is 3.58. The topological polar surface area (TPSA) is 74.5 Å². The van der Waals surface area contributed by atoms with Gasteiger partial charge in [0.25, 0.3) is 11.8 Å². The first-order valence-corrected chi connectivity index (χ1v) is 14.1. The van der Waals surface area contributed by atoms with Crippen LogP contribution in [0.1, 0.15) is 54.4 Å². The molecule has 0 bridgehead atoms. The second-order valence-corrected chi connectivity index (χ2v) is 12.1. The molecule has 2 saturated heterocycles. The maximum atomic E-state index is 13.9. The quantitative estimate of drug-likeness (QED) is 0.355. The maximum absolute atomic E-state index is 13.9. The Morgan fingerprint density at radius 2 is 1.61 bits per heavy atom. The first-order valence-electron chi connectivity index (χ1n) is 13.3. The summed E-state index contributed by atoms with van der Waals surface area (Å²) in [6.45, 7) is 4.20. The van der Waals surface area contributed by atoms with Crippen molar-refractivity contribution in [3.05, 3.63) is 52.0 Å². The van der Waals surface area contributed by atoms with Crippen molar-refractivity contribution in [2.24, 2.45) is 5.41 Å². The van der Waals surface area contributed by atoms with Gasteiger partial charge >= 0.3 is 0 Å². The Labute approximate surface area is 229 Å². The average molecular weight is 585 g/mol. The SMILES string of the molecule is Cc1cc2cc(NC(=O)c3ccc(Br)cc3N3CCC4(CC3)CC4)cc(N3CCC(F)(F)CC3)c2nc1N. The molecule has 3 aliphatic rings. The number of aryl methyl sites for hydroxylation is 1. The molecule has 1 aliphatic carbocycles. The maximum Gasteiger partial charge on any atom is 0.257 e. The van der Waals surface area contributed by atoms with Crippen molar-refractivity contribution in [1.82, 2.24) is 4.98 Å². The number of benzene rings is 2. The van der Waals surface area contributed by atoms with Gasteiger partial charge in [0.1, 0.15) is 5.82 Å². The molecule has 9 heteroatoms. The van der Waals surface area contributed by atoms with E-state index in [2.05, 4.69) is 31.1 Å². The molecule has 2 aromatic carbocycles. The lowest BCUT2D eigenvalue weighted by Gasteiger charge is -2.35. The predicted octanol–water partition coefficient (Wildman–Crippen LogP) is 6.76. The summed E-state index contributed by atoms with van der Waals surface area (Å²) in [6, 6.07) is 11.4. The number of fused-ring (bicyclic) bond motifs is 1. The fraction of sp³-hybridized carbons (Fsp3) is 0.448. The van der Waals surface area contributed by atoms with E-state index in [4.69, 9.17) is 5.73 Å². The lowest BCUT2D eigenvalue weighted by Crippen LogP contribution is -2.39. The van der Waals surface area contributed by atoms with Crippen LogP contribution in [0.25, 0.3) is 10.9 Å². The van der Waals surface area contributed by atoms with Crippen LogP contribution >= 0.6 is 15.9 Å². The summed E-state index contributed by atoms with van der Waals surface area (Å²) in [6.07, 6.45) is 4.55. The van der Waals surface area contributed by atoms with E-state index in [1.54, 1.807) is 0 Å². The van der Waals surface area contributed by atoms with Crippen LogP contribution in [0.5, 0.6) is 0 Å². The highest BCUT2D eigenvalue weighted by molar-refractivity contribution is 9.10. The Morgan fingerprint density at radius 3 is 2.29 bits per heavy atom. The molecule has 3 fully saturated rings. The summed E-state index contributed by atoms with van der Waals surface area (Å²) in [4.78, 5) is 22.5. The molecule has 1 saturated carbocycles. The van der Waals surface area contributed by atoms with Crippen molar-refractivity contribution in [3.8, 4) is 0 Å². The smallest absolute Gasteiger partial charge is 0.257 e. The highest BCUT2D eigenvalue weighted by Gasteiger charge is 2.44. The molecule has 1 aromatic heterocycles. The number of piperidine rings is 2.